The predicted molar refractivity (Wildman–Crippen MR) is 110 cm³/mol. The number of carbonyl (C=O) groups is 1. The summed E-state index contributed by atoms with van der Waals surface area (Å²) in [6, 6.07) is 13.0. The zero-order valence-electron chi connectivity index (χ0n) is 15.7. The minimum Gasteiger partial charge on any atom is -0.379 e. The van der Waals surface area contributed by atoms with Crippen LogP contribution in [0.3, 0.4) is 0 Å². The number of carbonyl (C=O) groups excluding carboxylic acids is 1. The molecular formula is C21H19FN4O2S. The fraction of sp³-hybridized carbons (Fsp3) is 0.286. The Hall–Kier alpha value is -2.86. The highest BCUT2D eigenvalue weighted by Crippen LogP contribution is 2.30. The number of benzene rings is 2. The van der Waals surface area contributed by atoms with Gasteiger partial charge in [0.05, 0.1) is 35.1 Å². The number of rotatable bonds is 5. The van der Waals surface area contributed by atoms with E-state index in [1.807, 2.05) is 0 Å². The second-order valence-electron chi connectivity index (χ2n) is 6.71. The molecule has 1 aliphatic rings. The summed E-state index contributed by atoms with van der Waals surface area (Å²) in [5.41, 5.74) is 1.64. The van der Waals surface area contributed by atoms with Crippen LogP contribution in [0.4, 0.5) is 9.52 Å². The lowest BCUT2D eigenvalue weighted by Crippen LogP contribution is -2.43. The molecular weight excluding hydrogens is 391 g/mol. The number of nitriles is 1. The van der Waals surface area contributed by atoms with Crippen molar-refractivity contribution in [2.45, 2.75) is 0 Å². The largest absolute Gasteiger partial charge is 0.379 e. The Morgan fingerprint density at radius 1 is 1.24 bits per heavy atom. The summed E-state index contributed by atoms with van der Waals surface area (Å²) < 4.78 is 19.7. The quantitative estimate of drug-likeness (QED) is 0.646. The topological polar surface area (TPSA) is 69.5 Å². The molecule has 148 valence electrons. The standard InChI is InChI=1S/C21H19FN4O2S/c22-17-5-6-18-19(13-17)29-21(24-18)26(8-7-25-9-11-28-12-10-25)20(27)16-3-1-15(14-23)2-4-16/h1-6,13H,7-12H2. The molecule has 1 fully saturated rings. The predicted octanol–water partition coefficient (Wildman–Crippen LogP) is 3.29. The second kappa shape index (κ2) is 8.66. The van der Waals surface area contributed by atoms with Crippen LogP contribution < -0.4 is 4.90 Å². The first kappa shape index (κ1) is 19.5. The van der Waals surface area contributed by atoms with Gasteiger partial charge in [0, 0.05) is 31.7 Å². The molecule has 0 unspecified atom stereocenters. The van der Waals surface area contributed by atoms with Crippen LogP contribution in [0.1, 0.15) is 15.9 Å². The third kappa shape index (κ3) is 4.43. The number of aromatic nitrogens is 1. The van der Waals surface area contributed by atoms with Gasteiger partial charge in [-0.05, 0) is 42.5 Å². The van der Waals surface area contributed by atoms with Crippen LogP contribution in [-0.2, 0) is 4.74 Å². The fourth-order valence-corrected chi connectivity index (χ4v) is 4.21. The number of anilines is 1. The third-order valence-electron chi connectivity index (χ3n) is 4.82. The highest BCUT2D eigenvalue weighted by atomic mass is 32.1. The molecule has 1 amide bonds. The third-order valence-corrected chi connectivity index (χ3v) is 5.86. The second-order valence-corrected chi connectivity index (χ2v) is 7.72. The van der Waals surface area contributed by atoms with Crippen molar-refractivity contribution in [3.05, 3.63) is 59.4 Å². The SMILES string of the molecule is N#Cc1ccc(C(=O)N(CCN2CCOCC2)c2nc3ccc(F)cc3s2)cc1. The Morgan fingerprint density at radius 3 is 2.72 bits per heavy atom. The molecule has 0 saturated carbocycles. The van der Waals surface area contributed by atoms with Gasteiger partial charge in [-0.15, -0.1) is 0 Å². The molecule has 1 saturated heterocycles. The molecule has 3 aromatic rings. The van der Waals surface area contributed by atoms with E-state index in [9.17, 15) is 9.18 Å². The van der Waals surface area contributed by atoms with Crippen molar-refractivity contribution in [2.24, 2.45) is 0 Å². The Labute approximate surface area is 171 Å². The van der Waals surface area contributed by atoms with Gasteiger partial charge < -0.3 is 4.74 Å². The first-order chi connectivity index (χ1) is 14.1. The first-order valence-electron chi connectivity index (χ1n) is 9.32. The van der Waals surface area contributed by atoms with Crippen LogP contribution in [0.2, 0.25) is 0 Å². The molecule has 0 aliphatic carbocycles. The summed E-state index contributed by atoms with van der Waals surface area (Å²) in [4.78, 5) is 21.7. The average molecular weight is 410 g/mol. The van der Waals surface area contributed by atoms with Crippen LogP contribution in [0.25, 0.3) is 10.2 Å². The number of morpholine rings is 1. The molecule has 2 aromatic carbocycles. The average Bonchev–Trinajstić information content (AvgIpc) is 3.17. The van der Waals surface area contributed by atoms with E-state index < -0.39 is 0 Å². The first-order valence-corrected chi connectivity index (χ1v) is 10.1. The molecule has 0 radical (unpaired) electrons. The Bertz CT molecular complexity index is 1050. The van der Waals surface area contributed by atoms with E-state index in [2.05, 4.69) is 16.0 Å². The number of halogens is 1. The lowest BCUT2D eigenvalue weighted by Gasteiger charge is -2.29. The molecule has 29 heavy (non-hydrogen) atoms. The van der Waals surface area contributed by atoms with Gasteiger partial charge in [-0.1, -0.05) is 11.3 Å². The van der Waals surface area contributed by atoms with Crippen molar-refractivity contribution >= 4 is 32.6 Å². The molecule has 0 atom stereocenters. The van der Waals surface area contributed by atoms with Crippen LogP contribution in [-0.4, -0.2) is 55.2 Å². The van der Waals surface area contributed by atoms with Gasteiger partial charge in [0.2, 0.25) is 0 Å². The minimum absolute atomic E-state index is 0.192. The van der Waals surface area contributed by atoms with E-state index in [1.165, 1.54) is 23.5 Å². The molecule has 6 nitrogen and oxygen atoms in total. The van der Waals surface area contributed by atoms with Crippen molar-refractivity contribution in [3.8, 4) is 6.07 Å². The normalized spacial score (nSPS) is 14.6. The molecule has 1 aliphatic heterocycles. The Kier molecular flexibility index (Phi) is 5.81. The lowest BCUT2D eigenvalue weighted by atomic mass is 10.1. The number of hydrogen-bond donors (Lipinski definition) is 0. The zero-order chi connectivity index (χ0) is 20.2. The van der Waals surface area contributed by atoms with Gasteiger partial charge in [0.15, 0.2) is 5.13 Å². The number of nitrogens with zero attached hydrogens (tertiary/aromatic N) is 4. The highest BCUT2D eigenvalue weighted by molar-refractivity contribution is 7.22. The van der Waals surface area contributed by atoms with Gasteiger partial charge in [-0.25, -0.2) is 9.37 Å². The van der Waals surface area contributed by atoms with Gasteiger partial charge in [0.1, 0.15) is 5.82 Å². The highest BCUT2D eigenvalue weighted by Gasteiger charge is 2.23. The summed E-state index contributed by atoms with van der Waals surface area (Å²) in [6.07, 6.45) is 0. The number of fused-ring (bicyclic) bond motifs is 1. The van der Waals surface area contributed by atoms with Crippen molar-refractivity contribution in [1.29, 1.82) is 5.26 Å². The summed E-state index contributed by atoms with van der Waals surface area (Å²) >= 11 is 1.30. The van der Waals surface area contributed by atoms with Gasteiger partial charge in [-0.2, -0.15) is 5.26 Å². The molecule has 0 N–H and O–H groups in total. The van der Waals surface area contributed by atoms with E-state index in [0.29, 0.717) is 52.8 Å². The Balaban J connectivity index is 1.63. The Morgan fingerprint density at radius 2 is 2.00 bits per heavy atom. The van der Waals surface area contributed by atoms with Crippen molar-refractivity contribution in [1.82, 2.24) is 9.88 Å². The summed E-state index contributed by atoms with van der Waals surface area (Å²) in [5, 5.41) is 9.52. The molecule has 0 spiro atoms. The maximum atomic E-state index is 13.6. The molecule has 0 bridgehead atoms. The van der Waals surface area contributed by atoms with Crippen LogP contribution in [0.5, 0.6) is 0 Å². The van der Waals surface area contributed by atoms with Gasteiger partial charge in [0.25, 0.3) is 5.91 Å². The fourth-order valence-electron chi connectivity index (χ4n) is 3.20. The minimum atomic E-state index is -0.328. The summed E-state index contributed by atoms with van der Waals surface area (Å²) in [6.45, 7) is 4.17. The molecule has 2 heterocycles. The molecule has 8 heteroatoms. The number of ether oxygens (including phenoxy) is 1. The number of amides is 1. The monoisotopic (exact) mass is 410 g/mol. The maximum absolute atomic E-state index is 13.6. The van der Waals surface area contributed by atoms with E-state index >= 15 is 0 Å². The van der Waals surface area contributed by atoms with E-state index in [-0.39, 0.29) is 11.7 Å². The van der Waals surface area contributed by atoms with Gasteiger partial charge in [-0.3, -0.25) is 14.6 Å². The summed E-state index contributed by atoms with van der Waals surface area (Å²) in [5.74, 6) is -0.520. The lowest BCUT2D eigenvalue weighted by molar-refractivity contribution is 0.0391. The smallest absolute Gasteiger partial charge is 0.260 e. The van der Waals surface area contributed by atoms with E-state index in [0.717, 1.165) is 13.1 Å². The van der Waals surface area contributed by atoms with Crippen LogP contribution in [0.15, 0.2) is 42.5 Å². The number of hydrogen-bond acceptors (Lipinski definition) is 6. The number of thiazole rings is 1. The van der Waals surface area contributed by atoms with E-state index in [1.54, 1.807) is 35.2 Å². The van der Waals surface area contributed by atoms with E-state index in [4.69, 9.17) is 10.00 Å². The molecule has 1 aromatic heterocycles. The van der Waals surface area contributed by atoms with Gasteiger partial charge >= 0.3 is 0 Å². The van der Waals surface area contributed by atoms with Crippen LogP contribution in [0, 0.1) is 17.1 Å². The van der Waals surface area contributed by atoms with Crippen LogP contribution >= 0.6 is 11.3 Å². The molecule has 4 rings (SSSR count). The van der Waals surface area contributed by atoms with Crippen molar-refractivity contribution in [3.63, 3.8) is 0 Å². The maximum Gasteiger partial charge on any atom is 0.260 e. The zero-order valence-corrected chi connectivity index (χ0v) is 16.5. The van der Waals surface area contributed by atoms with Crippen molar-refractivity contribution in [2.75, 3.05) is 44.3 Å². The van der Waals surface area contributed by atoms with Crippen molar-refractivity contribution < 1.29 is 13.9 Å². The summed E-state index contributed by atoms with van der Waals surface area (Å²) in [7, 11) is 0.